The molecule has 0 aliphatic carbocycles. The SMILES string of the molecule is Cc1ccc(Cl)c2[nH]c3cnn(C)c3c(=O)c12. The molecule has 0 unspecified atom stereocenters. The van der Waals surface area contributed by atoms with Gasteiger partial charge in [-0.15, -0.1) is 0 Å². The van der Waals surface area contributed by atoms with Gasteiger partial charge in [-0.1, -0.05) is 17.7 Å². The number of aryl methyl sites for hydroxylation is 2. The van der Waals surface area contributed by atoms with Crippen molar-refractivity contribution >= 4 is 33.5 Å². The van der Waals surface area contributed by atoms with Gasteiger partial charge >= 0.3 is 0 Å². The Kier molecular flexibility index (Phi) is 2.03. The third-order valence-electron chi connectivity index (χ3n) is 3.00. The van der Waals surface area contributed by atoms with E-state index in [1.807, 2.05) is 13.0 Å². The average molecular weight is 248 g/mol. The van der Waals surface area contributed by atoms with Crippen molar-refractivity contribution in [2.75, 3.05) is 0 Å². The average Bonchev–Trinajstić information content (AvgIpc) is 2.66. The highest BCUT2D eigenvalue weighted by Gasteiger charge is 2.12. The Morgan fingerprint density at radius 3 is 2.94 bits per heavy atom. The smallest absolute Gasteiger partial charge is 0.215 e. The molecule has 2 heterocycles. The first-order valence-electron chi connectivity index (χ1n) is 5.22. The Morgan fingerprint density at radius 2 is 2.18 bits per heavy atom. The van der Waals surface area contributed by atoms with E-state index < -0.39 is 0 Å². The first kappa shape index (κ1) is 10.4. The van der Waals surface area contributed by atoms with Crippen LogP contribution < -0.4 is 5.43 Å². The van der Waals surface area contributed by atoms with Gasteiger partial charge in [0.1, 0.15) is 5.52 Å². The minimum atomic E-state index is -0.0336. The molecule has 1 aromatic carbocycles. The van der Waals surface area contributed by atoms with E-state index in [1.54, 1.807) is 24.0 Å². The summed E-state index contributed by atoms with van der Waals surface area (Å²) < 4.78 is 1.58. The maximum Gasteiger partial charge on any atom is 0.215 e. The summed E-state index contributed by atoms with van der Waals surface area (Å²) >= 11 is 6.11. The lowest BCUT2D eigenvalue weighted by molar-refractivity contribution is 0.795. The van der Waals surface area contributed by atoms with Gasteiger partial charge in [-0.05, 0) is 18.6 Å². The Morgan fingerprint density at radius 1 is 1.41 bits per heavy atom. The summed E-state index contributed by atoms with van der Waals surface area (Å²) in [5.74, 6) is 0. The van der Waals surface area contributed by atoms with E-state index in [0.29, 0.717) is 27.0 Å². The molecule has 0 bridgehead atoms. The lowest BCUT2D eigenvalue weighted by atomic mass is 10.1. The van der Waals surface area contributed by atoms with Gasteiger partial charge in [-0.25, -0.2) is 0 Å². The van der Waals surface area contributed by atoms with Crippen molar-refractivity contribution in [3.05, 3.63) is 39.1 Å². The molecule has 0 amide bonds. The van der Waals surface area contributed by atoms with Crippen LogP contribution in [-0.2, 0) is 7.05 Å². The van der Waals surface area contributed by atoms with Crippen LogP contribution in [0.4, 0.5) is 0 Å². The molecule has 0 atom stereocenters. The summed E-state index contributed by atoms with van der Waals surface area (Å²) in [5, 5.41) is 5.26. The molecule has 4 nitrogen and oxygen atoms in total. The highest BCUT2D eigenvalue weighted by Crippen LogP contribution is 2.24. The number of fused-ring (bicyclic) bond motifs is 2. The number of halogens is 1. The van der Waals surface area contributed by atoms with Gasteiger partial charge in [0.2, 0.25) is 5.43 Å². The number of hydrogen-bond acceptors (Lipinski definition) is 2. The van der Waals surface area contributed by atoms with Crippen molar-refractivity contribution in [3.63, 3.8) is 0 Å². The van der Waals surface area contributed by atoms with Crippen molar-refractivity contribution in [2.45, 2.75) is 6.92 Å². The molecule has 17 heavy (non-hydrogen) atoms. The largest absolute Gasteiger partial charge is 0.351 e. The lowest BCUT2D eigenvalue weighted by Crippen LogP contribution is -2.09. The number of hydrogen-bond donors (Lipinski definition) is 1. The highest BCUT2D eigenvalue weighted by atomic mass is 35.5. The molecular formula is C12H10ClN3O. The minimum Gasteiger partial charge on any atom is -0.351 e. The summed E-state index contributed by atoms with van der Waals surface area (Å²) in [6, 6.07) is 3.64. The topological polar surface area (TPSA) is 50.7 Å². The predicted molar refractivity (Wildman–Crippen MR) is 68.6 cm³/mol. The summed E-state index contributed by atoms with van der Waals surface area (Å²) in [4.78, 5) is 15.6. The van der Waals surface area contributed by atoms with Gasteiger partial charge in [-0.3, -0.25) is 9.48 Å². The normalized spacial score (nSPS) is 11.5. The molecule has 0 saturated carbocycles. The second-order valence-corrected chi connectivity index (χ2v) is 4.51. The number of H-pyrrole nitrogens is 1. The van der Waals surface area contributed by atoms with E-state index >= 15 is 0 Å². The van der Waals surface area contributed by atoms with Crippen LogP contribution >= 0.6 is 11.6 Å². The Hall–Kier alpha value is -1.81. The number of benzene rings is 1. The van der Waals surface area contributed by atoms with Gasteiger partial charge < -0.3 is 4.98 Å². The van der Waals surface area contributed by atoms with Crippen molar-refractivity contribution in [2.24, 2.45) is 7.05 Å². The Bertz CT molecular complexity index is 801. The molecule has 0 fully saturated rings. The van der Waals surface area contributed by atoms with Crippen LogP contribution in [0.3, 0.4) is 0 Å². The van der Waals surface area contributed by atoms with Crippen molar-refractivity contribution < 1.29 is 0 Å². The van der Waals surface area contributed by atoms with Crippen molar-refractivity contribution in [3.8, 4) is 0 Å². The third-order valence-corrected chi connectivity index (χ3v) is 3.32. The molecule has 0 radical (unpaired) electrons. The standard InChI is InChI=1S/C12H10ClN3O/c1-6-3-4-7(13)10-9(6)12(17)11-8(15-10)5-14-16(11)2/h3-5H,1-2H3,(H,15,17). The number of pyridine rings is 1. The summed E-state index contributed by atoms with van der Waals surface area (Å²) in [6.45, 7) is 1.90. The predicted octanol–water partition coefficient (Wildman–Crippen LogP) is 2.38. The summed E-state index contributed by atoms with van der Waals surface area (Å²) in [6.07, 6.45) is 1.63. The number of nitrogens with one attached hydrogen (secondary N) is 1. The van der Waals surface area contributed by atoms with E-state index in [2.05, 4.69) is 10.1 Å². The Labute approximate surface area is 102 Å². The number of nitrogens with zero attached hydrogens (tertiary/aromatic N) is 2. The number of aromatic amines is 1. The Balaban J connectivity index is 2.71. The maximum absolute atomic E-state index is 12.4. The van der Waals surface area contributed by atoms with Crippen LogP contribution in [0.5, 0.6) is 0 Å². The molecule has 1 N–H and O–H groups in total. The van der Waals surface area contributed by atoms with E-state index in [-0.39, 0.29) is 5.43 Å². The quantitative estimate of drug-likeness (QED) is 0.663. The van der Waals surface area contributed by atoms with Gasteiger partial charge in [-0.2, -0.15) is 5.10 Å². The maximum atomic E-state index is 12.4. The van der Waals surface area contributed by atoms with Crippen LogP contribution in [0, 0.1) is 6.92 Å². The molecule has 0 saturated heterocycles. The molecule has 86 valence electrons. The summed E-state index contributed by atoms with van der Waals surface area (Å²) in [5.41, 5.74) is 2.83. The highest BCUT2D eigenvalue weighted by molar-refractivity contribution is 6.35. The zero-order valence-electron chi connectivity index (χ0n) is 9.41. The van der Waals surface area contributed by atoms with Crippen LogP contribution in [0.15, 0.2) is 23.1 Å². The van der Waals surface area contributed by atoms with E-state index in [0.717, 1.165) is 5.56 Å². The zero-order chi connectivity index (χ0) is 12.2. The van der Waals surface area contributed by atoms with E-state index in [4.69, 9.17) is 11.6 Å². The second-order valence-electron chi connectivity index (χ2n) is 4.10. The lowest BCUT2D eigenvalue weighted by Gasteiger charge is -2.04. The number of aromatic nitrogens is 3. The van der Waals surface area contributed by atoms with E-state index in [9.17, 15) is 4.79 Å². The molecule has 3 aromatic rings. The molecule has 5 heteroatoms. The fourth-order valence-corrected chi connectivity index (χ4v) is 2.35. The van der Waals surface area contributed by atoms with Crippen LogP contribution in [0.2, 0.25) is 5.02 Å². The van der Waals surface area contributed by atoms with Crippen LogP contribution in [0.25, 0.3) is 21.9 Å². The molecule has 2 aromatic heterocycles. The molecule has 0 aliphatic rings. The monoisotopic (exact) mass is 247 g/mol. The number of rotatable bonds is 0. The zero-order valence-corrected chi connectivity index (χ0v) is 10.2. The first-order valence-corrected chi connectivity index (χ1v) is 5.60. The molecule has 0 aliphatic heterocycles. The molecule has 0 spiro atoms. The van der Waals surface area contributed by atoms with Crippen LogP contribution in [0.1, 0.15) is 5.56 Å². The van der Waals surface area contributed by atoms with Crippen LogP contribution in [-0.4, -0.2) is 14.8 Å². The molecule has 3 rings (SSSR count). The minimum absolute atomic E-state index is 0.0336. The third kappa shape index (κ3) is 1.31. The second kappa shape index (κ2) is 3.34. The fourth-order valence-electron chi connectivity index (χ4n) is 2.15. The van der Waals surface area contributed by atoms with Crippen molar-refractivity contribution in [1.82, 2.24) is 14.8 Å². The van der Waals surface area contributed by atoms with Gasteiger partial charge in [0.15, 0.2) is 0 Å². The van der Waals surface area contributed by atoms with Gasteiger partial charge in [0, 0.05) is 7.05 Å². The van der Waals surface area contributed by atoms with E-state index in [1.165, 1.54) is 0 Å². The van der Waals surface area contributed by atoms with Crippen molar-refractivity contribution in [1.29, 1.82) is 0 Å². The van der Waals surface area contributed by atoms with Gasteiger partial charge in [0.05, 0.1) is 27.6 Å². The first-order chi connectivity index (χ1) is 8.09. The molecular weight excluding hydrogens is 238 g/mol. The fraction of sp³-hybridized carbons (Fsp3) is 0.167. The summed E-state index contributed by atoms with van der Waals surface area (Å²) in [7, 11) is 1.75. The van der Waals surface area contributed by atoms with Gasteiger partial charge in [0.25, 0.3) is 0 Å².